The van der Waals surface area contributed by atoms with Gasteiger partial charge in [0, 0.05) is 12.1 Å². The fourth-order valence-corrected chi connectivity index (χ4v) is 14.3. The maximum atomic E-state index is 14.3. The van der Waals surface area contributed by atoms with Crippen molar-refractivity contribution < 1.29 is 52.6 Å². The first-order chi connectivity index (χ1) is 19.6. The third-order valence-corrected chi connectivity index (χ3v) is 15.1. The third kappa shape index (κ3) is 5.00. The van der Waals surface area contributed by atoms with E-state index >= 15 is 0 Å². The van der Waals surface area contributed by atoms with E-state index in [2.05, 4.69) is 0 Å². The first-order valence-corrected chi connectivity index (χ1v) is 19.0. The van der Waals surface area contributed by atoms with Crippen LogP contribution in [0.5, 0.6) is 23.0 Å². The Balaban J connectivity index is 1.72. The van der Waals surface area contributed by atoms with Crippen LogP contribution in [0, 0.1) is 0 Å². The third-order valence-electron chi connectivity index (χ3n) is 7.75. The van der Waals surface area contributed by atoms with Crippen LogP contribution in [0.3, 0.4) is 0 Å². The Morgan fingerprint density at radius 2 is 0.881 bits per heavy atom. The molecule has 3 aliphatic heterocycles. The number of benzene rings is 2. The summed E-state index contributed by atoms with van der Waals surface area (Å²) in [4.78, 5) is -0.685. The second-order valence-electron chi connectivity index (χ2n) is 10.1. The number of hydrogen-bond donors (Lipinski definition) is 0. The molecule has 3 fully saturated rings. The summed E-state index contributed by atoms with van der Waals surface area (Å²) in [5.74, 6) is -2.45. The summed E-state index contributed by atoms with van der Waals surface area (Å²) in [5, 5.41) is 0. The molecule has 42 heavy (non-hydrogen) atoms. The summed E-state index contributed by atoms with van der Waals surface area (Å²) in [5.41, 5.74) is 0. The first kappa shape index (κ1) is 30.8. The van der Waals surface area contributed by atoms with Crippen LogP contribution in [-0.2, 0) is 39.7 Å². The Bertz CT molecular complexity index is 1670. The van der Waals surface area contributed by atoms with Gasteiger partial charge in [0.25, 0.3) is 0 Å². The molecule has 0 aromatic heterocycles. The zero-order valence-corrected chi connectivity index (χ0v) is 26.3. The van der Waals surface area contributed by atoms with Gasteiger partial charge in [-0.1, -0.05) is 0 Å². The summed E-state index contributed by atoms with van der Waals surface area (Å²) >= 11 is 0. The number of nitrogens with zero attached hydrogens (tertiary/aromatic N) is 2. The van der Waals surface area contributed by atoms with Crippen molar-refractivity contribution in [2.75, 3.05) is 51.5 Å². The van der Waals surface area contributed by atoms with Crippen LogP contribution in [-0.4, -0.2) is 118 Å². The van der Waals surface area contributed by atoms with Gasteiger partial charge in [0.2, 0.25) is 20.0 Å². The van der Waals surface area contributed by atoms with Crippen LogP contribution in [0.4, 0.5) is 0 Å². The molecule has 4 atom stereocenters. The minimum Gasteiger partial charge on any atom is -0.497 e. The van der Waals surface area contributed by atoms with Crippen molar-refractivity contribution in [3.8, 4) is 23.0 Å². The second-order valence-corrected chi connectivity index (χ2v) is 18.1. The van der Waals surface area contributed by atoms with Crippen molar-refractivity contribution in [1.82, 2.24) is 8.61 Å². The molecule has 3 heterocycles. The van der Waals surface area contributed by atoms with E-state index in [1.807, 2.05) is 0 Å². The number of ether oxygens (including phenoxy) is 4. The normalized spacial score (nSPS) is 27.1. The first-order valence-electron chi connectivity index (χ1n) is 12.5. The van der Waals surface area contributed by atoms with E-state index in [1.54, 1.807) is 0 Å². The molecule has 18 heteroatoms. The summed E-state index contributed by atoms with van der Waals surface area (Å²) in [7, 11) is -11.9. The van der Waals surface area contributed by atoms with Crippen molar-refractivity contribution in [3.05, 3.63) is 36.4 Å². The fraction of sp³-hybridized carbons (Fsp3) is 0.500. The van der Waals surface area contributed by atoms with Gasteiger partial charge >= 0.3 is 0 Å². The second kappa shape index (κ2) is 10.5. The molecule has 232 valence electrons. The molecule has 0 spiro atoms. The van der Waals surface area contributed by atoms with Crippen molar-refractivity contribution >= 4 is 39.7 Å². The lowest BCUT2D eigenvalue weighted by Crippen LogP contribution is -2.69. The lowest BCUT2D eigenvalue weighted by Gasteiger charge is -2.49. The zero-order valence-electron chi connectivity index (χ0n) is 23.0. The van der Waals surface area contributed by atoms with Crippen molar-refractivity contribution in [1.29, 1.82) is 0 Å². The number of sulfone groups is 2. The largest absolute Gasteiger partial charge is 0.497 e. The Morgan fingerprint density at radius 1 is 0.571 bits per heavy atom. The molecule has 0 aliphatic carbocycles. The van der Waals surface area contributed by atoms with Gasteiger partial charge in [-0.15, -0.1) is 0 Å². The maximum Gasteiger partial charge on any atom is 0.247 e. The van der Waals surface area contributed by atoms with Gasteiger partial charge in [-0.3, -0.25) is 0 Å². The zero-order chi connectivity index (χ0) is 30.8. The summed E-state index contributed by atoms with van der Waals surface area (Å²) in [6, 6.07) is 2.17. The van der Waals surface area contributed by atoms with E-state index in [0.29, 0.717) is 0 Å². The van der Waals surface area contributed by atoms with Gasteiger partial charge in [0.05, 0.1) is 75.6 Å². The van der Waals surface area contributed by atoms with Crippen LogP contribution >= 0.6 is 0 Å². The minimum atomic E-state index is -4.63. The number of methoxy groups -OCH3 is 4. The molecule has 0 N–H and O–H groups in total. The van der Waals surface area contributed by atoms with E-state index in [-0.39, 0.29) is 32.8 Å². The predicted molar refractivity (Wildman–Crippen MR) is 150 cm³/mol. The molecule has 0 unspecified atom stereocenters. The van der Waals surface area contributed by atoms with Gasteiger partial charge in [0.15, 0.2) is 19.7 Å². The van der Waals surface area contributed by atoms with E-state index in [1.165, 1.54) is 64.8 Å². The standard InChI is InChI=1S/C24H30N2O12S4/c1-35-15-5-7-23(21(9-15)37-3)41(31,32)25-17-11-39(27,28)13-19(17)26(20-14-40(29,30)12-18(20)25)42(33,34)24-8-6-16(36-2)10-22(24)38-4/h5-10,17-20H,11-14H2,1-4H3/t17-,18-,19+,20+. The lowest BCUT2D eigenvalue weighted by atomic mass is 10.0. The van der Waals surface area contributed by atoms with Gasteiger partial charge in [0.1, 0.15) is 32.8 Å². The van der Waals surface area contributed by atoms with Crippen LogP contribution in [0.25, 0.3) is 0 Å². The smallest absolute Gasteiger partial charge is 0.247 e. The van der Waals surface area contributed by atoms with Crippen molar-refractivity contribution in [2.45, 2.75) is 34.0 Å². The quantitative estimate of drug-likeness (QED) is 0.361. The fourth-order valence-electron chi connectivity index (χ4n) is 6.00. The average molecular weight is 667 g/mol. The molecule has 0 radical (unpaired) electrons. The number of piperazine rings is 1. The number of rotatable bonds is 8. The van der Waals surface area contributed by atoms with E-state index < -0.39 is 86.9 Å². The van der Waals surface area contributed by atoms with Gasteiger partial charge in [-0.05, 0) is 24.3 Å². The van der Waals surface area contributed by atoms with Crippen LogP contribution in [0.2, 0.25) is 0 Å². The van der Waals surface area contributed by atoms with Gasteiger partial charge < -0.3 is 18.9 Å². The number of sulfonamides is 2. The van der Waals surface area contributed by atoms with Gasteiger partial charge in [-0.25, -0.2) is 33.7 Å². The molecule has 3 aliphatic rings. The Kier molecular flexibility index (Phi) is 7.71. The molecule has 2 aromatic rings. The van der Waals surface area contributed by atoms with E-state index in [0.717, 1.165) is 8.61 Å². The molecule has 14 nitrogen and oxygen atoms in total. The summed E-state index contributed by atoms with van der Waals surface area (Å²) in [6.45, 7) is 0. The highest BCUT2D eigenvalue weighted by molar-refractivity contribution is 7.93. The van der Waals surface area contributed by atoms with E-state index in [4.69, 9.17) is 18.9 Å². The highest BCUT2D eigenvalue weighted by Gasteiger charge is 2.64. The maximum absolute atomic E-state index is 14.3. The van der Waals surface area contributed by atoms with Crippen LogP contribution in [0.15, 0.2) is 46.2 Å². The molecule has 5 rings (SSSR count). The van der Waals surface area contributed by atoms with Crippen LogP contribution < -0.4 is 18.9 Å². The molecule has 0 bridgehead atoms. The molecule has 3 saturated heterocycles. The number of fused-ring (bicyclic) bond motifs is 2. The highest BCUT2D eigenvalue weighted by atomic mass is 32.2. The monoisotopic (exact) mass is 666 g/mol. The lowest BCUT2D eigenvalue weighted by molar-refractivity contribution is 0.0838. The predicted octanol–water partition coefficient (Wildman–Crippen LogP) is -0.253. The summed E-state index contributed by atoms with van der Waals surface area (Å²) in [6.07, 6.45) is 0. The highest BCUT2D eigenvalue weighted by Crippen LogP contribution is 2.45. The van der Waals surface area contributed by atoms with Crippen LogP contribution in [0.1, 0.15) is 0 Å². The number of hydrogen-bond acceptors (Lipinski definition) is 12. The van der Waals surface area contributed by atoms with Crippen molar-refractivity contribution in [3.63, 3.8) is 0 Å². The minimum absolute atomic E-state index is 0.109. The Hall–Kier alpha value is -2.64. The molecule has 2 aromatic carbocycles. The SMILES string of the molecule is COc1ccc(S(=O)(=O)N2[C@@H]3CS(=O)(=O)C[C@@H]3N(S(=O)(=O)c3ccc(OC)cc3OC)[C@H]3CS(=O)(=O)C[C@H]32)c(OC)c1. The van der Waals surface area contributed by atoms with E-state index in [9.17, 15) is 33.7 Å². The average Bonchev–Trinajstić information content (AvgIpc) is 3.42. The molecule has 0 amide bonds. The van der Waals surface area contributed by atoms with Crippen molar-refractivity contribution in [2.24, 2.45) is 0 Å². The Morgan fingerprint density at radius 3 is 1.14 bits per heavy atom. The molecular formula is C24H30N2O12S4. The Labute approximate surface area is 245 Å². The molecular weight excluding hydrogens is 637 g/mol. The topological polar surface area (TPSA) is 180 Å². The molecule has 0 saturated carbocycles. The summed E-state index contributed by atoms with van der Waals surface area (Å²) < 4.78 is 132. The van der Waals surface area contributed by atoms with Gasteiger partial charge in [-0.2, -0.15) is 8.61 Å².